The molecule has 4 heterocycles. The van der Waals surface area contributed by atoms with Crippen LogP contribution in [-0.4, -0.2) is 59.3 Å². The molecule has 1 atom stereocenters. The van der Waals surface area contributed by atoms with Gasteiger partial charge in [-0.05, 0) is 12.1 Å². The molecule has 3 aliphatic heterocycles. The minimum absolute atomic E-state index is 0.0479. The molecule has 3 aliphatic rings. The summed E-state index contributed by atoms with van der Waals surface area (Å²) in [5, 5.41) is 0. The topological polar surface area (TPSA) is 36.4 Å². The van der Waals surface area contributed by atoms with Crippen molar-refractivity contribution >= 4 is 5.78 Å². The van der Waals surface area contributed by atoms with E-state index in [-0.39, 0.29) is 11.8 Å². The molecular formula is C12H15N3O. The van der Waals surface area contributed by atoms with Crippen LogP contribution in [0.2, 0.25) is 0 Å². The molecule has 0 amide bonds. The first-order chi connectivity index (χ1) is 7.84. The van der Waals surface area contributed by atoms with Gasteiger partial charge in [0, 0.05) is 50.7 Å². The zero-order valence-electron chi connectivity index (χ0n) is 9.17. The van der Waals surface area contributed by atoms with E-state index in [4.69, 9.17) is 0 Å². The van der Waals surface area contributed by atoms with Gasteiger partial charge in [0.15, 0.2) is 5.78 Å². The molecule has 4 rings (SSSR count). The third kappa shape index (κ3) is 1.64. The van der Waals surface area contributed by atoms with Crippen LogP contribution in [0.3, 0.4) is 0 Å². The maximum absolute atomic E-state index is 12.3. The van der Waals surface area contributed by atoms with Crippen LogP contribution in [0, 0.1) is 0 Å². The van der Waals surface area contributed by atoms with Crippen LogP contribution in [0.1, 0.15) is 10.4 Å². The predicted octanol–water partition coefficient (Wildman–Crippen LogP) is 0.264. The summed E-state index contributed by atoms with van der Waals surface area (Å²) in [6.45, 7) is 5.15. The zero-order chi connectivity index (χ0) is 11.0. The van der Waals surface area contributed by atoms with Gasteiger partial charge in [-0.3, -0.25) is 19.6 Å². The van der Waals surface area contributed by atoms with E-state index in [2.05, 4.69) is 14.8 Å². The van der Waals surface area contributed by atoms with Crippen molar-refractivity contribution in [2.45, 2.75) is 6.04 Å². The quantitative estimate of drug-likeness (QED) is 0.666. The van der Waals surface area contributed by atoms with Crippen molar-refractivity contribution in [3.8, 4) is 0 Å². The van der Waals surface area contributed by atoms with Gasteiger partial charge in [-0.1, -0.05) is 0 Å². The monoisotopic (exact) mass is 217 g/mol. The second-order valence-corrected chi connectivity index (χ2v) is 4.46. The van der Waals surface area contributed by atoms with Crippen molar-refractivity contribution < 1.29 is 4.79 Å². The summed E-state index contributed by atoms with van der Waals surface area (Å²) in [5.74, 6) is 0.220. The number of aromatic nitrogens is 1. The smallest absolute Gasteiger partial charge is 0.182 e. The molecule has 84 valence electrons. The summed E-state index contributed by atoms with van der Waals surface area (Å²) in [6, 6.07) is 3.73. The number of Topliss-reactive ketones (excluding diaryl/α,β-unsaturated/α-hetero) is 1. The third-order valence-electron chi connectivity index (χ3n) is 3.53. The van der Waals surface area contributed by atoms with Gasteiger partial charge in [-0.25, -0.2) is 0 Å². The Morgan fingerprint density at radius 3 is 2.69 bits per heavy atom. The van der Waals surface area contributed by atoms with Crippen LogP contribution >= 0.6 is 0 Å². The molecule has 0 spiro atoms. The van der Waals surface area contributed by atoms with E-state index in [1.165, 1.54) is 0 Å². The lowest BCUT2D eigenvalue weighted by molar-refractivity contribution is 0.0159. The van der Waals surface area contributed by atoms with Gasteiger partial charge in [0.2, 0.25) is 0 Å². The number of rotatable bonds is 2. The number of hydrogen-bond donors (Lipinski definition) is 0. The van der Waals surface area contributed by atoms with Gasteiger partial charge in [0.1, 0.15) is 0 Å². The molecule has 0 aliphatic carbocycles. The number of carbonyl (C=O) groups excluding carboxylic acids is 1. The third-order valence-corrected chi connectivity index (χ3v) is 3.53. The van der Waals surface area contributed by atoms with Crippen LogP contribution in [0.4, 0.5) is 0 Å². The number of ketones is 1. The number of fused-ring (bicyclic) bond motifs is 3. The zero-order valence-corrected chi connectivity index (χ0v) is 9.17. The standard InChI is InChI=1S/C12H15N3O/c16-12(10-2-1-3-13-8-10)11-9-14-4-6-15(11)7-5-14/h1-3,8,11H,4-7,9H2. The van der Waals surface area contributed by atoms with Crippen LogP contribution in [0.5, 0.6) is 0 Å². The molecule has 4 heteroatoms. The van der Waals surface area contributed by atoms with Crippen molar-refractivity contribution in [2.75, 3.05) is 32.7 Å². The summed E-state index contributed by atoms with van der Waals surface area (Å²) < 4.78 is 0. The molecule has 0 N–H and O–H groups in total. The van der Waals surface area contributed by atoms with Gasteiger partial charge in [0.25, 0.3) is 0 Å². The number of carbonyl (C=O) groups is 1. The van der Waals surface area contributed by atoms with Crippen molar-refractivity contribution in [3.63, 3.8) is 0 Å². The number of hydrogen-bond acceptors (Lipinski definition) is 4. The lowest BCUT2D eigenvalue weighted by Crippen LogP contribution is -2.63. The van der Waals surface area contributed by atoms with Crippen molar-refractivity contribution in [3.05, 3.63) is 30.1 Å². The Labute approximate surface area is 94.9 Å². The SMILES string of the molecule is O=C(c1cccnc1)C1CN2CCN1CC2. The Morgan fingerprint density at radius 2 is 2.12 bits per heavy atom. The molecule has 2 bridgehead atoms. The van der Waals surface area contributed by atoms with E-state index in [1.54, 1.807) is 12.4 Å². The fraction of sp³-hybridized carbons (Fsp3) is 0.500. The summed E-state index contributed by atoms with van der Waals surface area (Å²) >= 11 is 0. The van der Waals surface area contributed by atoms with Crippen LogP contribution in [-0.2, 0) is 0 Å². The number of piperazine rings is 3. The summed E-state index contributed by atoms with van der Waals surface area (Å²) in [6.07, 6.45) is 3.37. The maximum Gasteiger partial charge on any atom is 0.182 e. The highest BCUT2D eigenvalue weighted by atomic mass is 16.1. The van der Waals surface area contributed by atoms with Crippen molar-refractivity contribution in [1.29, 1.82) is 0 Å². The Bertz CT molecular complexity index is 385. The first kappa shape index (κ1) is 9.93. The number of nitrogens with zero attached hydrogens (tertiary/aromatic N) is 3. The fourth-order valence-corrected chi connectivity index (χ4v) is 2.57. The molecule has 0 radical (unpaired) electrons. The predicted molar refractivity (Wildman–Crippen MR) is 60.4 cm³/mol. The van der Waals surface area contributed by atoms with Crippen molar-refractivity contribution in [2.24, 2.45) is 0 Å². The van der Waals surface area contributed by atoms with Crippen LogP contribution in [0.15, 0.2) is 24.5 Å². The van der Waals surface area contributed by atoms with E-state index in [9.17, 15) is 4.79 Å². The summed E-state index contributed by atoms with van der Waals surface area (Å²) in [4.78, 5) is 21.0. The molecule has 3 saturated heterocycles. The van der Waals surface area contributed by atoms with Gasteiger partial charge in [-0.15, -0.1) is 0 Å². The van der Waals surface area contributed by atoms with Gasteiger partial charge in [0.05, 0.1) is 6.04 Å². The lowest BCUT2D eigenvalue weighted by Gasteiger charge is -2.46. The summed E-state index contributed by atoms with van der Waals surface area (Å²) in [5.41, 5.74) is 0.737. The molecule has 4 nitrogen and oxygen atoms in total. The van der Waals surface area contributed by atoms with Crippen LogP contribution in [0.25, 0.3) is 0 Å². The molecule has 1 aromatic heterocycles. The lowest BCUT2D eigenvalue weighted by atomic mass is 9.99. The molecule has 0 aromatic carbocycles. The Balaban J connectivity index is 1.81. The normalized spacial score (nSPS) is 32.6. The highest BCUT2D eigenvalue weighted by Crippen LogP contribution is 2.18. The Kier molecular flexibility index (Phi) is 2.46. The second kappa shape index (κ2) is 3.96. The van der Waals surface area contributed by atoms with Gasteiger partial charge >= 0.3 is 0 Å². The van der Waals surface area contributed by atoms with E-state index >= 15 is 0 Å². The number of pyridine rings is 1. The van der Waals surface area contributed by atoms with Gasteiger partial charge < -0.3 is 0 Å². The van der Waals surface area contributed by atoms with Gasteiger partial charge in [-0.2, -0.15) is 0 Å². The largest absolute Gasteiger partial charge is 0.299 e. The maximum atomic E-state index is 12.3. The molecule has 3 fully saturated rings. The highest BCUT2D eigenvalue weighted by Gasteiger charge is 2.36. The van der Waals surface area contributed by atoms with E-state index in [0.717, 1.165) is 38.3 Å². The minimum Gasteiger partial charge on any atom is -0.299 e. The molecule has 1 aromatic rings. The van der Waals surface area contributed by atoms with Crippen molar-refractivity contribution in [1.82, 2.24) is 14.8 Å². The average Bonchev–Trinajstić information content (AvgIpc) is 2.40. The first-order valence-corrected chi connectivity index (χ1v) is 5.75. The first-order valence-electron chi connectivity index (χ1n) is 5.75. The van der Waals surface area contributed by atoms with Crippen LogP contribution < -0.4 is 0 Å². The van der Waals surface area contributed by atoms with E-state index in [1.807, 2.05) is 12.1 Å². The second-order valence-electron chi connectivity index (χ2n) is 4.46. The van der Waals surface area contributed by atoms with E-state index < -0.39 is 0 Å². The molecule has 1 unspecified atom stereocenters. The van der Waals surface area contributed by atoms with E-state index in [0.29, 0.717) is 0 Å². The fourth-order valence-electron chi connectivity index (χ4n) is 2.57. The Hall–Kier alpha value is -1.26. The Morgan fingerprint density at radius 1 is 1.31 bits per heavy atom. The molecular weight excluding hydrogens is 202 g/mol. The average molecular weight is 217 g/mol. The highest BCUT2D eigenvalue weighted by molar-refractivity contribution is 6.00. The molecule has 0 saturated carbocycles. The minimum atomic E-state index is 0.0479. The summed E-state index contributed by atoms with van der Waals surface area (Å²) in [7, 11) is 0. The molecule has 16 heavy (non-hydrogen) atoms.